The third-order valence-corrected chi connectivity index (χ3v) is 3.62. The maximum Gasteiger partial charge on any atom is 0.0751 e. The molecule has 0 aliphatic rings. The third kappa shape index (κ3) is 2.25. The quantitative estimate of drug-likeness (QED) is 0.710. The molecule has 0 bridgehead atoms. The molecular formula is C18H18N2. The molecule has 0 fully saturated rings. The summed E-state index contributed by atoms with van der Waals surface area (Å²) in [6.45, 7) is 6.34. The second-order valence-electron chi connectivity index (χ2n) is 5.27. The molecular weight excluding hydrogens is 244 g/mol. The minimum atomic E-state index is 1.06. The number of nitrogens with zero attached hydrogens (tertiary/aromatic N) is 1. The molecule has 0 unspecified atom stereocenters. The highest BCUT2D eigenvalue weighted by Crippen LogP contribution is 2.28. The molecule has 3 aromatic rings. The molecule has 0 saturated carbocycles. The van der Waals surface area contributed by atoms with Crippen LogP contribution in [-0.4, -0.2) is 4.98 Å². The van der Waals surface area contributed by atoms with Crippen LogP contribution >= 0.6 is 0 Å². The number of aromatic nitrogens is 1. The van der Waals surface area contributed by atoms with Crippen LogP contribution < -0.4 is 5.32 Å². The van der Waals surface area contributed by atoms with Crippen molar-refractivity contribution in [3.63, 3.8) is 0 Å². The van der Waals surface area contributed by atoms with Gasteiger partial charge in [0.15, 0.2) is 0 Å². The van der Waals surface area contributed by atoms with Gasteiger partial charge in [-0.1, -0.05) is 35.9 Å². The fraction of sp³-hybridized carbons (Fsp3) is 0.167. The van der Waals surface area contributed by atoms with E-state index >= 15 is 0 Å². The van der Waals surface area contributed by atoms with E-state index in [4.69, 9.17) is 0 Å². The first-order valence-electron chi connectivity index (χ1n) is 6.84. The van der Waals surface area contributed by atoms with Crippen molar-refractivity contribution < 1.29 is 0 Å². The van der Waals surface area contributed by atoms with Crippen LogP contribution in [0, 0.1) is 20.8 Å². The van der Waals surface area contributed by atoms with Crippen molar-refractivity contribution in [1.82, 2.24) is 4.98 Å². The number of hydrogen-bond acceptors (Lipinski definition) is 2. The second-order valence-corrected chi connectivity index (χ2v) is 5.27. The van der Waals surface area contributed by atoms with Crippen LogP contribution in [0.2, 0.25) is 0 Å². The van der Waals surface area contributed by atoms with E-state index in [-0.39, 0.29) is 0 Å². The summed E-state index contributed by atoms with van der Waals surface area (Å²) in [4.78, 5) is 4.48. The van der Waals surface area contributed by atoms with Gasteiger partial charge >= 0.3 is 0 Å². The van der Waals surface area contributed by atoms with Gasteiger partial charge in [0.2, 0.25) is 0 Å². The number of hydrogen-bond donors (Lipinski definition) is 1. The van der Waals surface area contributed by atoms with Crippen LogP contribution in [0.4, 0.5) is 11.4 Å². The van der Waals surface area contributed by atoms with E-state index in [2.05, 4.69) is 67.5 Å². The lowest BCUT2D eigenvalue weighted by molar-refractivity contribution is 1.35. The summed E-state index contributed by atoms with van der Waals surface area (Å²) in [5.74, 6) is 0. The molecule has 0 radical (unpaired) electrons. The predicted molar refractivity (Wildman–Crippen MR) is 85.7 cm³/mol. The average molecular weight is 262 g/mol. The first kappa shape index (κ1) is 12.7. The van der Waals surface area contributed by atoms with E-state index in [1.165, 1.54) is 16.7 Å². The first-order valence-corrected chi connectivity index (χ1v) is 6.84. The fourth-order valence-corrected chi connectivity index (χ4v) is 2.53. The molecule has 2 aromatic carbocycles. The Morgan fingerprint density at radius 1 is 0.850 bits per heavy atom. The third-order valence-electron chi connectivity index (χ3n) is 3.62. The first-order chi connectivity index (χ1) is 9.65. The van der Waals surface area contributed by atoms with Gasteiger partial charge in [-0.25, -0.2) is 0 Å². The Morgan fingerprint density at radius 2 is 1.70 bits per heavy atom. The molecule has 3 rings (SSSR count). The minimum Gasteiger partial charge on any atom is -0.355 e. The van der Waals surface area contributed by atoms with E-state index in [0.29, 0.717) is 0 Å². The molecule has 1 N–H and O–H groups in total. The number of nitrogens with one attached hydrogen (secondary N) is 1. The number of benzene rings is 2. The van der Waals surface area contributed by atoms with E-state index in [1.54, 1.807) is 0 Å². The standard InChI is InChI=1S/C18H18N2/c1-12-7-8-16(14(3)11-12)20-17-9-10-19-18-13(2)5-4-6-15(17)18/h4-11H,1-3H3,(H,19,20). The fourth-order valence-electron chi connectivity index (χ4n) is 2.53. The van der Waals surface area contributed by atoms with Crippen LogP contribution in [0.25, 0.3) is 10.9 Å². The highest BCUT2D eigenvalue weighted by atomic mass is 14.9. The van der Waals surface area contributed by atoms with Crippen molar-refractivity contribution in [2.75, 3.05) is 5.32 Å². The molecule has 1 heterocycles. The van der Waals surface area contributed by atoms with Gasteiger partial charge in [-0.15, -0.1) is 0 Å². The number of rotatable bonds is 2. The lowest BCUT2D eigenvalue weighted by Crippen LogP contribution is -1.96. The van der Waals surface area contributed by atoms with Crippen molar-refractivity contribution in [1.29, 1.82) is 0 Å². The van der Waals surface area contributed by atoms with Gasteiger partial charge in [0.1, 0.15) is 0 Å². The number of anilines is 2. The number of aryl methyl sites for hydroxylation is 3. The summed E-state index contributed by atoms with van der Waals surface area (Å²) in [6.07, 6.45) is 1.86. The molecule has 1 aromatic heterocycles. The van der Waals surface area contributed by atoms with E-state index in [0.717, 1.165) is 22.3 Å². The number of para-hydroxylation sites is 1. The van der Waals surface area contributed by atoms with Crippen LogP contribution in [0.3, 0.4) is 0 Å². The van der Waals surface area contributed by atoms with Crippen molar-refractivity contribution in [3.05, 3.63) is 65.4 Å². The zero-order valence-electron chi connectivity index (χ0n) is 12.1. The Balaban J connectivity index is 2.09. The Kier molecular flexibility index (Phi) is 3.15. The minimum absolute atomic E-state index is 1.06. The van der Waals surface area contributed by atoms with Crippen LogP contribution in [0.15, 0.2) is 48.7 Å². The molecule has 0 aliphatic carbocycles. The van der Waals surface area contributed by atoms with E-state index in [1.807, 2.05) is 12.3 Å². The van der Waals surface area contributed by atoms with E-state index in [9.17, 15) is 0 Å². The van der Waals surface area contributed by atoms with Gasteiger partial charge < -0.3 is 5.32 Å². The van der Waals surface area contributed by atoms with Gasteiger partial charge in [-0.05, 0) is 44.0 Å². The monoisotopic (exact) mass is 262 g/mol. The van der Waals surface area contributed by atoms with Crippen molar-refractivity contribution in [2.24, 2.45) is 0 Å². The molecule has 0 saturated heterocycles. The largest absolute Gasteiger partial charge is 0.355 e. The van der Waals surface area contributed by atoms with Gasteiger partial charge in [0.05, 0.1) is 5.52 Å². The van der Waals surface area contributed by atoms with Crippen molar-refractivity contribution >= 4 is 22.3 Å². The molecule has 2 nitrogen and oxygen atoms in total. The Labute approximate surface area is 119 Å². The Morgan fingerprint density at radius 3 is 2.50 bits per heavy atom. The molecule has 0 aliphatic heterocycles. The number of pyridine rings is 1. The molecule has 0 amide bonds. The highest BCUT2D eigenvalue weighted by molar-refractivity contribution is 5.94. The molecule has 0 atom stereocenters. The summed E-state index contributed by atoms with van der Waals surface area (Å²) in [7, 11) is 0. The molecule has 2 heteroatoms. The van der Waals surface area contributed by atoms with Crippen LogP contribution in [0.5, 0.6) is 0 Å². The summed E-state index contributed by atoms with van der Waals surface area (Å²) >= 11 is 0. The average Bonchev–Trinajstić information content (AvgIpc) is 2.43. The van der Waals surface area contributed by atoms with E-state index < -0.39 is 0 Å². The van der Waals surface area contributed by atoms with Gasteiger partial charge in [0.25, 0.3) is 0 Å². The van der Waals surface area contributed by atoms with Crippen LogP contribution in [-0.2, 0) is 0 Å². The Bertz CT molecular complexity index is 775. The van der Waals surface area contributed by atoms with Crippen molar-refractivity contribution in [3.8, 4) is 0 Å². The second kappa shape index (κ2) is 4.97. The summed E-state index contributed by atoms with van der Waals surface area (Å²) in [5, 5.41) is 4.69. The topological polar surface area (TPSA) is 24.9 Å². The Hall–Kier alpha value is -2.35. The highest BCUT2D eigenvalue weighted by Gasteiger charge is 2.05. The zero-order valence-corrected chi connectivity index (χ0v) is 12.1. The normalized spacial score (nSPS) is 10.8. The zero-order chi connectivity index (χ0) is 14.1. The maximum atomic E-state index is 4.48. The molecule has 0 spiro atoms. The lowest BCUT2D eigenvalue weighted by Gasteiger charge is -2.13. The molecule has 100 valence electrons. The smallest absolute Gasteiger partial charge is 0.0751 e. The maximum absolute atomic E-state index is 4.48. The van der Waals surface area contributed by atoms with Gasteiger partial charge in [-0.3, -0.25) is 4.98 Å². The summed E-state index contributed by atoms with van der Waals surface area (Å²) < 4.78 is 0. The van der Waals surface area contributed by atoms with Crippen molar-refractivity contribution in [2.45, 2.75) is 20.8 Å². The van der Waals surface area contributed by atoms with Gasteiger partial charge in [0, 0.05) is 23.0 Å². The summed E-state index contributed by atoms with van der Waals surface area (Å²) in [5.41, 5.74) is 7.04. The lowest BCUT2D eigenvalue weighted by atomic mass is 10.1. The SMILES string of the molecule is Cc1ccc(Nc2ccnc3c(C)cccc23)c(C)c1. The predicted octanol–water partition coefficient (Wildman–Crippen LogP) is 4.90. The molecule has 20 heavy (non-hydrogen) atoms. The summed E-state index contributed by atoms with van der Waals surface area (Å²) in [6, 6.07) is 14.8. The number of fused-ring (bicyclic) bond motifs is 1. The van der Waals surface area contributed by atoms with Crippen LogP contribution in [0.1, 0.15) is 16.7 Å². The van der Waals surface area contributed by atoms with Gasteiger partial charge in [-0.2, -0.15) is 0 Å².